The lowest BCUT2D eigenvalue weighted by atomic mass is 9.89. The Morgan fingerprint density at radius 1 is 0.0667 bits per heavy atom. The van der Waals surface area contributed by atoms with Crippen LogP contribution in [0.15, 0.2) is 376 Å². The van der Waals surface area contributed by atoms with Crippen molar-refractivity contribution in [3.8, 4) is 156 Å². The lowest BCUT2D eigenvalue weighted by Crippen LogP contribution is -1.90. The summed E-state index contributed by atoms with van der Waals surface area (Å²) in [7, 11) is 0. The van der Waals surface area contributed by atoms with Gasteiger partial charge in [0.1, 0.15) is 0 Å². The van der Waals surface area contributed by atoms with Gasteiger partial charge in [-0.15, -0.1) is 0 Å². The summed E-state index contributed by atoms with van der Waals surface area (Å²) in [5.41, 5.74) is 33.0. The molecule has 15 aromatic rings. The largest absolute Gasteiger partial charge is 0.0622 e. The SMILES string of the molecule is c1ccc(-c2cc(-c3ccccc3)cc(-c3cccc(-c4cccc(-c5ccc(-c6cc(-c7cccc(-c8cc(-c9ccccc9)cc(-c9ccccc9)c8)c7)cc(-c7cccc(-c8cc(-c9ccccc9)cc(-c9ccccc9)c8)c7)c6)cc5)c4)c3)c2)cc1. The van der Waals surface area contributed by atoms with Crippen LogP contribution in [0.4, 0.5) is 0 Å². The van der Waals surface area contributed by atoms with Crippen molar-refractivity contribution >= 4 is 0 Å². The van der Waals surface area contributed by atoms with Gasteiger partial charge in [0.15, 0.2) is 0 Å². The normalized spacial score (nSPS) is 11.1. The fraction of sp³-hybridized carbons (Fsp3) is 0. The van der Waals surface area contributed by atoms with Crippen LogP contribution in [0, 0.1) is 0 Å². The van der Waals surface area contributed by atoms with Crippen molar-refractivity contribution in [3.63, 3.8) is 0 Å². The van der Waals surface area contributed by atoms with Crippen LogP contribution in [-0.4, -0.2) is 0 Å². The van der Waals surface area contributed by atoms with Gasteiger partial charge in [0.05, 0.1) is 0 Å². The molecule has 0 atom stereocenters. The van der Waals surface area contributed by atoms with Crippen molar-refractivity contribution in [3.05, 3.63) is 376 Å². The first-order valence-electron chi connectivity index (χ1n) is 31.0. The molecule has 0 N–H and O–H groups in total. The molecule has 0 heteroatoms. The Bertz CT molecular complexity index is 4630. The fourth-order valence-corrected chi connectivity index (χ4v) is 12.7. The standard InChI is InChI=1S/C90H62/c1-7-23-63(24-8-1)79-51-80(64-25-9-2-10-26-64)55-86(54-79)74-38-20-37-73(48-74)72-36-19-35-71(47-72)69-43-45-70(46-44-69)85-60-89(77-41-21-39-75(49-77)87-56-81(65-27-11-3-12-28-65)52-82(57-87)66-29-13-4-14-30-66)62-90(61-85)78-42-22-40-76(50-78)88-58-83(67-31-15-5-16-32-67)53-84(59-88)68-33-17-6-18-34-68/h1-62H. The summed E-state index contributed by atoms with van der Waals surface area (Å²) in [5, 5.41) is 0. The Balaban J connectivity index is 0.805. The quantitative estimate of drug-likeness (QED) is 0.102. The van der Waals surface area contributed by atoms with Crippen LogP contribution in [0.2, 0.25) is 0 Å². The van der Waals surface area contributed by atoms with E-state index in [1.807, 2.05) is 0 Å². The van der Waals surface area contributed by atoms with Crippen molar-refractivity contribution in [2.45, 2.75) is 0 Å². The first-order chi connectivity index (χ1) is 44.5. The molecular weight excluding hydrogens is 1080 g/mol. The maximum absolute atomic E-state index is 2.38. The lowest BCUT2D eigenvalue weighted by Gasteiger charge is -2.15. The molecule has 0 saturated carbocycles. The van der Waals surface area contributed by atoms with Crippen LogP contribution in [-0.2, 0) is 0 Å². The monoisotopic (exact) mass is 1140 g/mol. The van der Waals surface area contributed by atoms with Crippen molar-refractivity contribution in [1.82, 2.24) is 0 Å². The molecule has 0 spiro atoms. The Morgan fingerprint density at radius 3 is 0.344 bits per heavy atom. The summed E-state index contributed by atoms with van der Waals surface area (Å²) in [6, 6.07) is 138. The molecule has 0 bridgehead atoms. The summed E-state index contributed by atoms with van der Waals surface area (Å²) >= 11 is 0. The van der Waals surface area contributed by atoms with Gasteiger partial charge >= 0.3 is 0 Å². The maximum Gasteiger partial charge on any atom is -0.0171 e. The van der Waals surface area contributed by atoms with E-state index in [2.05, 4.69) is 376 Å². The molecule has 0 aliphatic carbocycles. The Hall–Kier alpha value is -11.7. The van der Waals surface area contributed by atoms with E-state index in [-0.39, 0.29) is 0 Å². The minimum absolute atomic E-state index is 1.15. The average molecular weight is 1140 g/mol. The second-order valence-electron chi connectivity index (χ2n) is 23.3. The maximum atomic E-state index is 2.38. The fourth-order valence-electron chi connectivity index (χ4n) is 12.7. The van der Waals surface area contributed by atoms with Gasteiger partial charge in [-0.2, -0.15) is 0 Å². The van der Waals surface area contributed by atoms with Crippen LogP contribution >= 0.6 is 0 Å². The Morgan fingerprint density at radius 2 is 0.167 bits per heavy atom. The minimum Gasteiger partial charge on any atom is -0.0622 e. The summed E-state index contributed by atoms with van der Waals surface area (Å²) < 4.78 is 0. The van der Waals surface area contributed by atoms with Crippen LogP contribution in [0.3, 0.4) is 0 Å². The van der Waals surface area contributed by atoms with Gasteiger partial charge in [0, 0.05) is 0 Å². The highest BCUT2D eigenvalue weighted by atomic mass is 14.2. The van der Waals surface area contributed by atoms with Crippen molar-refractivity contribution in [1.29, 1.82) is 0 Å². The van der Waals surface area contributed by atoms with Crippen molar-refractivity contribution in [2.24, 2.45) is 0 Å². The second-order valence-corrected chi connectivity index (χ2v) is 23.3. The Labute approximate surface area is 528 Å². The molecular formula is C90H62. The molecule has 0 aliphatic rings. The van der Waals surface area contributed by atoms with E-state index >= 15 is 0 Å². The zero-order valence-electron chi connectivity index (χ0n) is 49.8. The van der Waals surface area contributed by atoms with Crippen molar-refractivity contribution < 1.29 is 0 Å². The average Bonchev–Trinajstić information content (AvgIpc) is 2.32. The van der Waals surface area contributed by atoms with Crippen LogP contribution < -0.4 is 0 Å². The first kappa shape index (κ1) is 54.9. The molecule has 0 amide bonds. The smallest absolute Gasteiger partial charge is 0.0171 e. The summed E-state index contributed by atoms with van der Waals surface area (Å²) in [6.45, 7) is 0. The van der Waals surface area contributed by atoms with Gasteiger partial charge in [-0.1, -0.05) is 279 Å². The minimum atomic E-state index is 1.15. The van der Waals surface area contributed by atoms with Gasteiger partial charge in [-0.3, -0.25) is 0 Å². The van der Waals surface area contributed by atoms with Gasteiger partial charge in [0.25, 0.3) is 0 Å². The number of hydrogen-bond acceptors (Lipinski definition) is 0. The van der Waals surface area contributed by atoms with E-state index in [4.69, 9.17) is 0 Å². The van der Waals surface area contributed by atoms with E-state index < -0.39 is 0 Å². The van der Waals surface area contributed by atoms with E-state index in [1.54, 1.807) is 0 Å². The second kappa shape index (κ2) is 25.0. The molecule has 0 radical (unpaired) electrons. The molecule has 422 valence electrons. The van der Waals surface area contributed by atoms with E-state index in [1.165, 1.54) is 106 Å². The highest BCUT2D eigenvalue weighted by Gasteiger charge is 2.16. The predicted octanol–water partition coefficient (Wildman–Crippen LogP) is 25.0. The topological polar surface area (TPSA) is 0 Å². The van der Waals surface area contributed by atoms with Gasteiger partial charge in [0.2, 0.25) is 0 Å². The third-order valence-corrected chi connectivity index (χ3v) is 17.4. The van der Waals surface area contributed by atoms with E-state index in [0.29, 0.717) is 0 Å². The molecule has 15 aromatic carbocycles. The number of benzene rings is 15. The van der Waals surface area contributed by atoms with E-state index in [0.717, 1.165) is 50.1 Å². The molecule has 0 unspecified atom stereocenters. The molecule has 0 saturated heterocycles. The molecule has 15 rings (SSSR count). The van der Waals surface area contributed by atoms with Gasteiger partial charge < -0.3 is 0 Å². The summed E-state index contributed by atoms with van der Waals surface area (Å²) in [5.74, 6) is 0. The zero-order chi connectivity index (χ0) is 60.0. The molecule has 0 fully saturated rings. The van der Waals surface area contributed by atoms with E-state index in [9.17, 15) is 0 Å². The number of rotatable bonds is 14. The molecule has 0 aromatic heterocycles. The third kappa shape index (κ3) is 11.9. The van der Waals surface area contributed by atoms with Crippen LogP contribution in [0.1, 0.15) is 0 Å². The lowest BCUT2D eigenvalue weighted by molar-refractivity contribution is 1.53. The molecule has 90 heavy (non-hydrogen) atoms. The highest BCUT2D eigenvalue weighted by molar-refractivity contribution is 5.90. The van der Waals surface area contributed by atoms with Gasteiger partial charge in [-0.25, -0.2) is 0 Å². The zero-order valence-corrected chi connectivity index (χ0v) is 49.8. The first-order valence-corrected chi connectivity index (χ1v) is 31.0. The van der Waals surface area contributed by atoms with Crippen LogP contribution in [0.5, 0.6) is 0 Å². The van der Waals surface area contributed by atoms with Crippen molar-refractivity contribution in [2.75, 3.05) is 0 Å². The molecule has 0 nitrogen and oxygen atoms in total. The predicted molar refractivity (Wildman–Crippen MR) is 383 cm³/mol. The molecule has 0 aliphatic heterocycles. The molecule has 0 heterocycles. The van der Waals surface area contributed by atoms with Crippen LogP contribution in [0.25, 0.3) is 156 Å². The highest BCUT2D eigenvalue weighted by Crippen LogP contribution is 2.41. The summed E-state index contributed by atoms with van der Waals surface area (Å²) in [6.07, 6.45) is 0. The Kier molecular flexibility index (Phi) is 15.2. The van der Waals surface area contributed by atoms with Gasteiger partial charge in [-0.05, 0) is 253 Å². The number of hydrogen-bond donors (Lipinski definition) is 0. The summed E-state index contributed by atoms with van der Waals surface area (Å²) in [4.78, 5) is 0. The third-order valence-electron chi connectivity index (χ3n) is 17.4.